The first kappa shape index (κ1) is 15.2. The normalized spacial score (nSPS) is 17.8. The van der Waals surface area contributed by atoms with Crippen LogP contribution in [0.3, 0.4) is 0 Å². The number of nitrogens with zero attached hydrogens (tertiary/aromatic N) is 2. The lowest BCUT2D eigenvalue weighted by Crippen LogP contribution is -2.63. The lowest BCUT2D eigenvalue weighted by Gasteiger charge is -2.44. The van der Waals surface area contributed by atoms with E-state index in [9.17, 15) is 9.59 Å². The Labute approximate surface area is 124 Å². The van der Waals surface area contributed by atoms with Crippen LogP contribution in [0.15, 0.2) is 18.2 Å². The number of hydrogen-bond acceptors (Lipinski definition) is 4. The molecule has 1 saturated heterocycles. The SMILES string of the molecule is COc1cccc(N)c1C(=O)N1CCN(C)C(=O)C1(C)C. The third-order valence-electron chi connectivity index (χ3n) is 3.94. The number of carbonyl (C=O) groups is 2. The first-order valence-electron chi connectivity index (χ1n) is 6.80. The summed E-state index contributed by atoms with van der Waals surface area (Å²) in [5.41, 5.74) is 5.69. The van der Waals surface area contributed by atoms with E-state index in [1.54, 1.807) is 48.9 Å². The zero-order valence-corrected chi connectivity index (χ0v) is 12.8. The fourth-order valence-corrected chi connectivity index (χ4v) is 2.65. The lowest BCUT2D eigenvalue weighted by atomic mass is 9.96. The Bertz CT molecular complexity index is 584. The highest BCUT2D eigenvalue weighted by Crippen LogP contribution is 2.30. The van der Waals surface area contributed by atoms with E-state index in [4.69, 9.17) is 10.5 Å². The molecule has 1 heterocycles. The van der Waals surface area contributed by atoms with Gasteiger partial charge in [-0.2, -0.15) is 0 Å². The fraction of sp³-hybridized carbons (Fsp3) is 0.467. The summed E-state index contributed by atoms with van der Waals surface area (Å²) in [4.78, 5) is 28.4. The van der Waals surface area contributed by atoms with E-state index in [-0.39, 0.29) is 11.8 Å². The Kier molecular flexibility index (Phi) is 3.80. The molecule has 0 saturated carbocycles. The van der Waals surface area contributed by atoms with E-state index in [0.29, 0.717) is 30.1 Å². The number of anilines is 1. The summed E-state index contributed by atoms with van der Waals surface area (Å²) in [7, 11) is 3.23. The molecule has 0 aliphatic carbocycles. The van der Waals surface area contributed by atoms with Gasteiger partial charge in [-0.05, 0) is 26.0 Å². The highest BCUT2D eigenvalue weighted by molar-refractivity contribution is 6.05. The van der Waals surface area contributed by atoms with Gasteiger partial charge in [0.05, 0.1) is 7.11 Å². The zero-order chi connectivity index (χ0) is 15.8. The molecule has 0 unspecified atom stereocenters. The highest BCUT2D eigenvalue weighted by atomic mass is 16.5. The second kappa shape index (κ2) is 5.27. The van der Waals surface area contributed by atoms with Crippen molar-refractivity contribution in [3.05, 3.63) is 23.8 Å². The lowest BCUT2D eigenvalue weighted by molar-refractivity contribution is -0.144. The van der Waals surface area contributed by atoms with Gasteiger partial charge in [0.2, 0.25) is 5.91 Å². The van der Waals surface area contributed by atoms with Crippen LogP contribution in [0.5, 0.6) is 5.75 Å². The van der Waals surface area contributed by atoms with Crippen molar-refractivity contribution in [1.29, 1.82) is 0 Å². The van der Waals surface area contributed by atoms with Crippen molar-refractivity contribution in [2.45, 2.75) is 19.4 Å². The van der Waals surface area contributed by atoms with Crippen LogP contribution in [-0.4, -0.2) is 54.4 Å². The third kappa shape index (κ3) is 2.41. The van der Waals surface area contributed by atoms with Crippen LogP contribution < -0.4 is 10.5 Å². The first-order valence-corrected chi connectivity index (χ1v) is 6.80. The predicted molar refractivity (Wildman–Crippen MR) is 80.2 cm³/mol. The standard InChI is InChI=1S/C15H21N3O3/c1-15(2)14(20)17(3)8-9-18(15)13(19)12-10(16)6-5-7-11(12)21-4/h5-7H,8-9,16H2,1-4H3. The summed E-state index contributed by atoms with van der Waals surface area (Å²) in [6, 6.07) is 5.07. The minimum absolute atomic E-state index is 0.0874. The quantitative estimate of drug-likeness (QED) is 0.824. The second-order valence-electron chi connectivity index (χ2n) is 5.67. The molecule has 0 aromatic heterocycles. The first-order chi connectivity index (χ1) is 9.80. The number of ether oxygens (including phenoxy) is 1. The molecule has 1 fully saturated rings. The third-order valence-corrected chi connectivity index (χ3v) is 3.94. The molecule has 1 aromatic rings. The van der Waals surface area contributed by atoms with Crippen LogP contribution in [0.25, 0.3) is 0 Å². The summed E-state index contributed by atoms with van der Waals surface area (Å²) in [5, 5.41) is 0. The molecule has 6 nitrogen and oxygen atoms in total. The van der Waals surface area contributed by atoms with Crippen LogP contribution in [0.4, 0.5) is 5.69 Å². The maximum Gasteiger partial charge on any atom is 0.260 e. The summed E-state index contributed by atoms with van der Waals surface area (Å²) < 4.78 is 5.23. The molecule has 0 radical (unpaired) electrons. The number of nitrogen functional groups attached to an aromatic ring is 1. The topological polar surface area (TPSA) is 75.9 Å². The Morgan fingerprint density at radius 2 is 2.00 bits per heavy atom. The summed E-state index contributed by atoms with van der Waals surface area (Å²) in [6.45, 7) is 4.46. The van der Waals surface area contributed by atoms with Crippen molar-refractivity contribution in [3.8, 4) is 5.75 Å². The molecule has 2 N–H and O–H groups in total. The van der Waals surface area contributed by atoms with Crippen molar-refractivity contribution in [3.63, 3.8) is 0 Å². The van der Waals surface area contributed by atoms with Crippen molar-refractivity contribution >= 4 is 17.5 Å². The second-order valence-corrected chi connectivity index (χ2v) is 5.67. The average Bonchev–Trinajstić information content (AvgIpc) is 2.44. The summed E-state index contributed by atoms with van der Waals surface area (Å²) in [6.07, 6.45) is 0. The molecule has 0 atom stereocenters. The molecule has 21 heavy (non-hydrogen) atoms. The Hall–Kier alpha value is -2.24. The number of hydrogen-bond donors (Lipinski definition) is 1. The zero-order valence-electron chi connectivity index (χ0n) is 12.8. The van der Waals surface area contributed by atoms with Crippen molar-refractivity contribution in [2.24, 2.45) is 0 Å². The van der Waals surface area contributed by atoms with Gasteiger partial charge in [0.15, 0.2) is 0 Å². The number of carbonyl (C=O) groups excluding carboxylic acids is 2. The van der Waals surface area contributed by atoms with Crippen LogP contribution in [0.1, 0.15) is 24.2 Å². The monoisotopic (exact) mass is 291 g/mol. The molecule has 1 aromatic carbocycles. The maximum absolute atomic E-state index is 12.9. The van der Waals surface area contributed by atoms with Crippen molar-refractivity contribution < 1.29 is 14.3 Å². The van der Waals surface area contributed by atoms with E-state index in [1.165, 1.54) is 7.11 Å². The van der Waals surface area contributed by atoms with Gasteiger partial charge < -0.3 is 20.3 Å². The molecular formula is C15H21N3O3. The molecule has 0 spiro atoms. The van der Waals surface area contributed by atoms with Gasteiger partial charge in [-0.1, -0.05) is 6.07 Å². The molecule has 1 aliphatic heterocycles. The number of amides is 2. The van der Waals surface area contributed by atoms with Gasteiger partial charge in [-0.25, -0.2) is 0 Å². The highest BCUT2D eigenvalue weighted by Gasteiger charge is 2.44. The molecule has 2 rings (SSSR count). The summed E-state index contributed by atoms with van der Waals surface area (Å²) >= 11 is 0. The number of benzene rings is 1. The Balaban J connectivity index is 2.43. The minimum atomic E-state index is -0.905. The van der Waals surface area contributed by atoms with Crippen molar-refractivity contribution in [1.82, 2.24) is 9.80 Å². The average molecular weight is 291 g/mol. The maximum atomic E-state index is 12.9. The molecule has 1 aliphatic rings. The van der Waals surface area contributed by atoms with E-state index < -0.39 is 5.54 Å². The van der Waals surface area contributed by atoms with E-state index >= 15 is 0 Å². The van der Waals surface area contributed by atoms with Crippen LogP contribution >= 0.6 is 0 Å². The summed E-state index contributed by atoms with van der Waals surface area (Å²) in [5.74, 6) is 0.0501. The van der Waals surface area contributed by atoms with Gasteiger partial charge in [0.25, 0.3) is 5.91 Å². The largest absolute Gasteiger partial charge is 0.496 e. The smallest absolute Gasteiger partial charge is 0.260 e. The molecule has 6 heteroatoms. The Morgan fingerprint density at radius 3 is 2.62 bits per heavy atom. The number of likely N-dealkylation sites (N-methyl/N-ethyl adjacent to an activating group) is 1. The number of piperazine rings is 1. The van der Waals surface area contributed by atoms with Crippen molar-refractivity contribution in [2.75, 3.05) is 33.0 Å². The minimum Gasteiger partial charge on any atom is -0.496 e. The van der Waals surface area contributed by atoms with Gasteiger partial charge >= 0.3 is 0 Å². The fourth-order valence-electron chi connectivity index (χ4n) is 2.65. The van der Waals surface area contributed by atoms with Crippen LogP contribution in [-0.2, 0) is 4.79 Å². The van der Waals surface area contributed by atoms with Crippen LogP contribution in [0, 0.1) is 0 Å². The van der Waals surface area contributed by atoms with E-state index in [2.05, 4.69) is 0 Å². The van der Waals surface area contributed by atoms with E-state index in [1.807, 2.05) is 0 Å². The van der Waals surface area contributed by atoms with Crippen LogP contribution in [0.2, 0.25) is 0 Å². The van der Waals surface area contributed by atoms with Gasteiger partial charge in [-0.3, -0.25) is 9.59 Å². The van der Waals surface area contributed by atoms with Gasteiger partial charge in [0, 0.05) is 25.8 Å². The number of methoxy groups -OCH3 is 1. The molecule has 114 valence electrons. The van der Waals surface area contributed by atoms with Gasteiger partial charge in [-0.15, -0.1) is 0 Å². The predicted octanol–water partition coefficient (Wildman–Crippen LogP) is 0.970. The molecule has 0 bridgehead atoms. The molecular weight excluding hydrogens is 270 g/mol. The Morgan fingerprint density at radius 1 is 1.33 bits per heavy atom. The molecule has 2 amide bonds. The number of nitrogens with two attached hydrogens (primary N) is 1. The number of rotatable bonds is 2. The van der Waals surface area contributed by atoms with Gasteiger partial charge in [0.1, 0.15) is 16.9 Å². The van der Waals surface area contributed by atoms with E-state index in [0.717, 1.165) is 0 Å².